The summed E-state index contributed by atoms with van der Waals surface area (Å²) in [7, 11) is 3.23. The summed E-state index contributed by atoms with van der Waals surface area (Å²) in [6.07, 6.45) is 3.49. The van der Waals surface area contributed by atoms with Crippen molar-refractivity contribution in [2.45, 2.75) is 51.2 Å². The van der Waals surface area contributed by atoms with Gasteiger partial charge in [-0.25, -0.2) is 0 Å². The lowest BCUT2D eigenvalue weighted by Gasteiger charge is -2.37. The number of methoxy groups -OCH3 is 2. The van der Waals surface area contributed by atoms with E-state index in [4.69, 9.17) is 25.8 Å². The fourth-order valence-corrected chi connectivity index (χ4v) is 3.62. The number of nitrogens with one attached hydrogen (secondary N) is 1. The molecular formula is C19H28ClNO4. The average molecular weight is 370 g/mol. The highest BCUT2D eigenvalue weighted by molar-refractivity contribution is 6.32. The van der Waals surface area contributed by atoms with E-state index in [0.29, 0.717) is 29.0 Å². The Labute approximate surface area is 155 Å². The minimum atomic E-state index is -0.758. The molecule has 0 saturated heterocycles. The third kappa shape index (κ3) is 5.09. The average Bonchev–Trinajstić information content (AvgIpc) is 2.57. The predicted octanol–water partition coefficient (Wildman–Crippen LogP) is 4.29. The first-order valence-electron chi connectivity index (χ1n) is 8.72. The largest absolute Gasteiger partial charge is 0.487 e. The number of carbonyl (C=O) groups is 1. The molecule has 0 aliphatic heterocycles. The first-order valence-corrected chi connectivity index (χ1v) is 9.09. The van der Waals surface area contributed by atoms with E-state index in [9.17, 15) is 4.79 Å². The van der Waals surface area contributed by atoms with E-state index in [2.05, 4.69) is 12.2 Å². The minimum Gasteiger partial charge on any atom is -0.487 e. The highest BCUT2D eigenvalue weighted by atomic mass is 35.5. The summed E-state index contributed by atoms with van der Waals surface area (Å²) < 4.78 is 16.4. The van der Waals surface area contributed by atoms with Crippen LogP contribution in [-0.4, -0.2) is 38.4 Å². The summed E-state index contributed by atoms with van der Waals surface area (Å²) in [4.78, 5) is 12.8. The maximum absolute atomic E-state index is 12.8. The van der Waals surface area contributed by atoms with Crippen LogP contribution in [0.15, 0.2) is 18.2 Å². The van der Waals surface area contributed by atoms with Gasteiger partial charge in [0.1, 0.15) is 17.5 Å². The Morgan fingerprint density at radius 1 is 1.44 bits per heavy atom. The maximum Gasteiger partial charge on any atom is 0.256 e. The van der Waals surface area contributed by atoms with Crippen LogP contribution in [0.2, 0.25) is 5.02 Å². The van der Waals surface area contributed by atoms with Gasteiger partial charge in [-0.3, -0.25) is 4.79 Å². The van der Waals surface area contributed by atoms with E-state index in [-0.39, 0.29) is 12.0 Å². The third-order valence-corrected chi connectivity index (χ3v) is 4.97. The standard InChI is InChI=1S/C19H28ClNO4/c1-13-6-5-9-19(11-13,24-4)18(22)21-15-7-8-17(16(20)10-15)25-14(2)12-23-3/h7-8,10,13-14H,5-6,9,11-12H2,1-4H3,(H,21,22)/t13-,14-,19-/m1/s1. The number of hydrogen-bond donors (Lipinski definition) is 1. The first-order chi connectivity index (χ1) is 11.9. The lowest BCUT2D eigenvalue weighted by atomic mass is 9.78. The second-order valence-corrected chi connectivity index (χ2v) is 7.29. The smallest absolute Gasteiger partial charge is 0.256 e. The van der Waals surface area contributed by atoms with E-state index >= 15 is 0 Å². The molecule has 0 unspecified atom stereocenters. The van der Waals surface area contributed by atoms with Crippen LogP contribution >= 0.6 is 11.6 Å². The number of hydrogen-bond acceptors (Lipinski definition) is 4. The van der Waals surface area contributed by atoms with Gasteiger partial charge >= 0.3 is 0 Å². The van der Waals surface area contributed by atoms with Crippen molar-refractivity contribution in [1.82, 2.24) is 0 Å². The minimum absolute atomic E-state index is 0.108. The second-order valence-electron chi connectivity index (χ2n) is 6.88. The second kappa shape index (κ2) is 8.88. The van der Waals surface area contributed by atoms with Crippen LogP contribution in [0.5, 0.6) is 5.75 Å². The number of ether oxygens (including phenoxy) is 3. The lowest BCUT2D eigenvalue weighted by Crippen LogP contribution is -2.47. The van der Waals surface area contributed by atoms with Gasteiger partial charge in [0.15, 0.2) is 0 Å². The van der Waals surface area contributed by atoms with E-state index in [0.717, 1.165) is 25.7 Å². The van der Waals surface area contributed by atoms with E-state index in [1.165, 1.54) is 0 Å². The molecule has 0 bridgehead atoms. The van der Waals surface area contributed by atoms with Crippen molar-refractivity contribution in [3.63, 3.8) is 0 Å². The van der Waals surface area contributed by atoms with Crippen molar-refractivity contribution in [1.29, 1.82) is 0 Å². The zero-order valence-corrected chi connectivity index (χ0v) is 16.2. The summed E-state index contributed by atoms with van der Waals surface area (Å²) >= 11 is 6.29. The zero-order chi connectivity index (χ0) is 18.4. The molecule has 0 aromatic heterocycles. The van der Waals surface area contributed by atoms with Gasteiger partial charge in [-0.1, -0.05) is 24.9 Å². The van der Waals surface area contributed by atoms with Gasteiger partial charge in [0, 0.05) is 19.9 Å². The molecule has 1 N–H and O–H groups in total. The Morgan fingerprint density at radius 2 is 2.20 bits per heavy atom. The molecule has 1 aliphatic rings. The van der Waals surface area contributed by atoms with Gasteiger partial charge in [0.25, 0.3) is 5.91 Å². The van der Waals surface area contributed by atoms with E-state index < -0.39 is 5.60 Å². The Balaban J connectivity index is 2.06. The molecule has 0 radical (unpaired) electrons. The van der Waals surface area contributed by atoms with Gasteiger partial charge < -0.3 is 19.5 Å². The molecule has 6 heteroatoms. The van der Waals surface area contributed by atoms with Crippen LogP contribution in [0.25, 0.3) is 0 Å². The lowest BCUT2D eigenvalue weighted by molar-refractivity contribution is -0.143. The third-order valence-electron chi connectivity index (χ3n) is 4.68. The van der Waals surface area contributed by atoms with Gasteiger partial charge in [-0.15, -0.1) is 0 Å². The molecule has 0 heterocycles. The van der Waals surface area contributed by atoms with Crippen LogP contribution in [-0.2, 0) is 14.3 Å². The molecule has 1 fully saturated rings. The highest BCUT2D eigenvalue weighted by Gasteiger charge is 2.42. The molecule has 1 aromatic carbocycles. The number of anilines is 1. The van der Waals surface area contributed by atoms with Crippen molar-refractivity contribution >= 4 is 23.2 Å². The molecule has 25 heavy (non-hydrogen) atoms. The number of benzene rings is 1. The summed E-state index contributed by atoms with van der Waals surface area (Å²) in [5, 5.41) is 3.39. The molecule has 5 nitrogen and oxygen atoms in total. The maximum atomic E-state index is 12.8. The first kappa shape index (κ1) is 20.0. The van der Waals surface area contributed by atoms with Crippen LogP contribution in [0.3, 0.4) is 0 Å². The van der Waals surface area contributed by atoms with Gasteiger partial charge in [0.05, 0.1) is 11.6 Å². The number of carbonyl (C=O) groups excluding carboxylic acids is 1. The van der Waals surface area contributed by atoms with Crippen LogP contribution < -0.4 is 10.1 Å². The molecule has 0 spiro atoms. The van der Waals surface area contributed by atoms with Crippen LogP contribution in [0.1, 0.15) is 39.5 Å². The summed E-state index contributed by atoms with van der Waals surface area (Å²) in [5.41, 5.74) is -0.122. The fraction of sp³-hybridized carbons (Fsp3) is 0.632. The molecule has 1 saturated carbocycles. The quantitative estimate of drug-likeness (QED) is 0.779. The number of rotatable bonds is 7. The van der Waals surface area contributed by atoms with Crippen molar-refractivity contribution in [3.8, 4) is 5.75 Å². The van der Waals surface area contributed by atoms with Crippen molar-refractivity contribution in [2.24, 2.45) is 5.92 Å². The van der Waals surface area contributed by atoms with Crippen LogP contribution in [0.4, 0.5) is 5.69 Å². The normalized spacial score (nSPS) is 24.6. The monoisotopic (exact) mass is 369 g/mol. The summed E-state index contributed by atoms with van der Waals surface area (Å²) in [5.74, 6) is 0.928. The molecule has 3 atom stereocenters. The Morgan fingerprint density at radius 3 is 2.80 bits per heavy atom. The molecule has 2 rings (SSSR count). The predicted molar refractivity (Wildman–Crippen MR) is 99.4 cm³/mol. The SMILES string of the molecule is COC[C@@H](C)Oc1ccc(NC(=O)[C@@]2(OC)CCC[C@@H](C)C2)cc1Cl. The summed E-state index contributed by atoms with van der Waals surface area (Å²) in [6, 6.07) is 5.24. The van der Waals surface area contributed by atoms with Crippen molar-refractivity contribution < 1.29 is 19.0 Å². The van der Waals surface area contributed by atoms with Gasteiger partial charge in [0.2, 0.25) is 0 Å². The Hall–Kier alpha value is -1.30. The Kier molecular flexibility index (Phi) is 7.11. The fourth-order valence-electron chi connectivity index (χ4n) is 3.39. The van der Waals surface area contributed by atoms with E-state index in [1.807, 2.05) is 6.92 Å². The molecular weight excluding hydrogens is 342 g/mol. The van der Waals surface area contributed by atoms with Crippen molar-refractivity contribution in [3.05, 3.63) is 23.2 Å². The zero-order valence-electron chi connectivity index (χ0n) is 15.4. The highest BCUT2D eigenvalue weighted by Crippen LogP contribution is 2.36. The Bertz CT molecular complexity index is 595. The van der Waals surface area contributed by atoms with Crippen molar-refractivity contribution in [2.75, 3.05) is 26.1 Å². The number of halogens is 1. The molecule has 1 aliphatic carbocycles. The van der Waals surface area contributed by atoms with Gasteiger partial charge in [-0.05, 0) is 50.3 Å². The van der Waals surface area contributed by atoms with Crippen LogP contribution in [0, 0.1) is 5.92 Å². The number of amides is 1. The molecule has 140 valence electrons. The van der Waals surface area contributed by atoms with Gasteiger partial charge in [-0.2, -0.15) is 0 Å². The topological polar surface area (TPSA) is 56.8 Å². The summed E-state index contributed by atoms with van der Waals surface area (Å²) in [6.45, 7) is 4.54. The molecule has 1 aromatic rings. The molecule has 1 amide bonds. The van der Waals surface area contributed by atoms with E-state index in [1.54, 1.807) is 32.4 Å².